The molecule has 0 aliphatic rings. The van der Waals surface area contributed by atoms with Crippen molar-refractivity contribution in [2.24, 2.45) is 5.73 Å². The lowest BCUT2D eigenvalue weighted by atomic mass is 10.1. The van der Waals surface area contributed by atoms with E-state index in [1.165, 1.54) is 4.90 Å². The number of hydrogen-bond acceptors (Lipinski definition) is 3. The number of primary amides is 1. The summed E-state index contributed by atoms with van der Waals surface area (Å²) in [5, 5.41) is 9.43. The maximum Gasteiger partial charge on any atom is 0.264 e. The van der Waals surface area contributed by atoms with Crippen LogP contribution in [0.3, 0.4) is 0 Å². The Kier molecular flexibility index (Phi) is 2.80. The predicted molar refractivity (Wildman–Crippen MR) is 38.1 cm³/mol. The number of likely N-dealkylation sites (N-methyl/N-ethyl adjacent to an activating group) is 1. The van der Waals surface area contributed by atoms with Crippen LogP contribution >= 0.6 is 0 Å². The SMILES string of the molecule is CCC(O)(C(N)=O)N(C)C. The molecule has 1 amide bonds. The fourth-order valence-electron chi connectivity index (χ4n) is 0.711. The zero-order chi connectivity index (χ0) is 8.36. The van der Waals surface area contributed by atoms with Crippen LogP contribution in [-0.2, 0) is 4.79 Å². The van der Waals surface area contributed by atoms with Crippen LogP contribution in [0, 0.1) is 0 Å². The third-order valence-electron chi connectivity index (χ3n) is 1.63. The van der Waals surface area contributed by atoms with Gasteiger partial charge in [-0.15, -0.1) is 0 Å². The van der Waals surface area contributed by atoms with Crippen LogP contribution in [0.15, 0.2) is 0 Å². The smallest absolute Gasteiger partial charge is 0.264 e. The average molecular weight is 146 g/mol. The van der Waals surface area contributed by atoms with Gasteiger partial charge in [0, 0.05) is 0 Å². The molecule has 4 nitrogen and oxygen atoms in total. The Bertz CT molecular complexity index is 136. The van der Waals surface area contributed by atoms with E-state index in [9.17, 15) is 9.90 Å². The molecule has 0 spiro atoms. The number of rotatable bonds is 3. The first kappa shape index (κ1) is 9.39. The molecule has 0 aromatic rings. The zero-order valence-electron chi connectivity index (χ0n) is 6.59. The number of amides is 1. The lowest BCUT2D eigenvalue weighted by molar-refractivity contribution is -0.154. The van der Waals surface area contributed by atoms with Gasteiger partial charge < -0.3 is 10.8 Å². The fourth-order valence-corrected chi connectivity index (χ4v) is 0.711. The largest absolute Gasteiger partial charge is 0.367 e. The number of hydrogen-bond donors (Lipinski definition) is 2. The first-order valence-electron chi connectivity index (χ1n) is 3.15. The Morgan fingerprint density at radius 1 is 1.70 bits per heavy atom. The summed E-state index contributed by atoms with van der Waals surface area (Å²) in [7, 11) is 3.21. The highest BCUT2D eigenvalue weighted by atomic mass is 16.3. The van der Waals surface area contributed by atoms with Crippen molar-refractivity contribution >= 4 is 5.91 Å². The van der Waals surface area contributed by atoms with E-state index in [1.54, 1.807) is 21.0 Å². The summed E-state index contributed by atoms with van der Waals surface area (Å²) in [6, 6.07) is 0. The zero-order valence-corrected chi connectivity index (χ0v) is 6.59. The van der Waals surface area contributed by atoms with E-state index >= 15 is 0 Å². The summed E-state index contributed by atoms with van der Waals surface area (Å²) in [6.45, 7) is 1.70. The summed E-state index contributed by atoms with van der Waals surface area (Å²) >= 11 is 0. The Hall–Kier alpha value is -0.610. The van der Waals surface area contributed by atoms with E-state index < -0.39 is 11.6 Å². The van der Waals surface area contributed by atoms with Gasteiger partial charge in [-0.2, -0.15) is 0 Å². The van der Waals surface area contributed by atoms with Crippen LogP contribution in [0.5, 0.6) is 0 Å². The third kappa shape index (κ3) is 1.46. The van der Waals surface area contributed by atoms with Crippen LogP contribution in [0.1, 0.15) is 13.3 Å². The second kappa shape index (κ2) is 2.98. The van der Waals surface area contributed by atoms with Gasteiger partial charge in [0.1, 0.15) is 0 Å². The molecule has 0 aromatic carbocycles. The van der Waals surface area contributed by atoms with Gasteiger partial charge in [0.15, 0.2) is 5.72 Å². The molecule has 0 saturated heterocycles. The summed E-state index contributed by atoms with van der Waals surface area (Å²) in [5.41, 5.74) is 3.47. The minimum absolute atomic E-state index is 0.301. The van der Waals surface area contributed by atoms with Crippen LogP contribution in [0.25, 0.3) is 0 Å². The van der Waals surface area contributed by atoms with E-state index in [4.69, 9.17) is 5.73 Å². The van der Waals surface area contributed by atoms with Crippen molar-refractivity contribution in [1.29, 1.82) is 0 Å². The predicted octanol–water partition coefficient (Wildman–Crippen LogP) is -0.868. The maximum absolute atomic E-state index is 10.6. The van der Waals surface area contributed by atoms with Gasteiger partial charge >= 0.3 is 0 Å². The molecule has 60 valence electrons. The van der Waals surface area contributed by atoms with E-state index in [-0.39, 0.29) is 0 Å². The molecular weight excluding hydrogens is 132 g/mol. The van der Waals surface area contributed by atoms with Crippen molar-refractivity contribution in [2.45, 2.75) is 19.1 Å². The lowest BCUT2D eigenvalue weighted by Crippen LogP contribution is -2.54. The molecule has 1 unspecified atom stereocenters. The van der Waals surface area contributed by atoms with Crippen molar-refractivity contribution in [3.8, 4) is 0 Å². The first-order valence-corrected chi connectivity index (χ1v) is 3.15. The molecule has 10 heavy (non-hydrogen) atoms. The molecule has 4 heteroatoms. The van der Waals surface area contributed by atoms with Gasteiger partial charge in [-0.05, 0) is 20.5 Å². The van der Waals surface area contributed by atoms with Crippen LogP contribution in [0.4, 0.5) is 0 Å². The van der Waals surface area contributed by atoms with Crippen LogP contribution in [-0.4, -0.2) is 35.7 Å². The Balaban J connectivity index is 4.38. The summed E-state index contributed by atoms with van der Waals surface area (Å²) in [4.78, 5) is 12.0. The van der Waals surface area contributed by atoms with Crippen molar-refractivity contribution in [3.05, 3.63) is 0 Å². The minimum Gasteiger partial charge on any atom is -0.367 e. The molecule has 0 aliphatic carbocycles. The number of carbonyl (C=O) groups is 1. The van der Waals surface area contributed by atoms with E-state index in [0.29, 0.717) is 6.42 Å². The maximum atomic E-state index is 10.6. The topological polar surface area (TPSA) is 66.6 Å². The Labute approximate surface area is 60.6 Å². The standard InChI is InChI=1S/C6H14N2O2/c1-4-6(10,5(7)9)8(2)3/h10H,4H2,1-3H3,(H2,7,9). The molecular formula is C6H14N2O2. The van der Waals surface area contributed by atoms with Crippen LogP contribution < -0.4 is 5.73 Å². The molecule has 0 fully saturated rings. The van der Waals surface area contributed by atoms with Crippen molar-refractivity contribution in [1.82, 2.24) is 4.90 Å². The molecule has 0 radical (unpaired) electrons. The highest BCUT2D eigenvalue weighted by Crippen LogP contribution is 2.10. The first-order chi connectivity index (χ1) is 4.45. The minimum atomic E-state index is -1.49. The second-order valence-corrected chi connectivity index (χ2v) is 2.43. The molecule has 0 heterocycles. The highest BCUT2D eigenvalue weighted by Gasteiger charge is 2.33. The second-order valence-electron chi connectivity index (χ2n) is 2.43. The average Bonchev–Trinajstić information content (AvgIpc) is 1.85. The summed E-state index contributed by atoms with van der Waals surface area (Å²) in [5.74, 6) is -0.708. The van der Waals surface area contributed by atoms with E-state index in [0.717, 1.165) is 0 Å². The highest BCUT2D eigenvalue weighted by molar-refractivity contribution is 5.82. The Morgan fingerprint density at radius 3 is 2.10 bits per heavy atom. The normalized spacial score (nSPS) is 16.9. The number of carbonyl (C=O) groups excluding carboxylic acids is 1. The number of nitrogens with two attached hydrogens (primary N) is 1. The van der Waals surface area contributed by atoms with Crippen molar-refractivity contribution in [3.63, 3.8) is 0 Å². The molecule has 0 saturated carbocycles. The van der Waals surface area contributed by atoms with Gasteiger partial charge in [0.25, 0.3) is 5.91 Å². The van der Waals surface area contributed by atoms with Crippen molar-refractivity contribution in [2.75, 3.05) is 14.1 Å². The number of aliphatic hydroxyl groups is 1. The summed E-state index contributed by atoms with van der Waals surface area (Å²) < 4.78 is 0. The van der Waals surface area contributed by atoms with Gasteiger partial charge in [0.05, 0.1) is 0 Å². The molecule has 0 rings (SSSR count). The molecule has 1 atom stereocenters. The Morgan fingerprint density at radius 2 is 2.10 bits per heavy atom. The van der Waals surface area contributed by atoms with Gasteiger partial charge in [-0.3, -0.25) is 9.69 Å². The van der Waals surface area contributed by atoms with E-state index in [1.807, 2.05) is 0 Å². The molecule has 3 N–H and O–H groups in total. The quantitative estimate of drug-likeness (QED) is 0.509. The van der Waals surface area contributed by atoms with E-state index in [2.05, 4.69) is 0 Å². The molecule has 0 aliphatic heterocycles. The van der Waals surface area contributed by atoms with Crippen LogP contribution in [0.2, 0.25) is 0 Å². The molecule has 0 aromatic heterocycles. The van der Waals surface area contributed by atoms with Gasteiger partial charge in [-0.1, -0.05) is 6.92 Å². The summed E-state index contributed by atoms with van der Waals surface area (Å²) in [6.07, 6.45) is 0.301. The monoisotopic (exact) mass is 146 g/mol. The van der Waals surface area contributed by atoms with Gasteiger partial charge in [-0.25, -0.2) is 0 Å². The fraction of sp³-hybridized carbons (Fsp3) is 0.833. The van der Waals surface area contributed by atoms with Gasteiger partial charge in [0.2, 0.25) is 0 Å². The third-order valence-corrected chi connectivity index (χ3v) is 1.63. The molecule has 0 bridgehead atoms. The lowest BCUT2D eigenvalue weighted by Gasteiger charge is -2.29. The number of nitrogens with zero attached hydrogens (tertiary/aromatic N) is 1. The van der Waals surface area contributed by atoms with Crippen molar-refractivity contribution < 1.29 is 9.90 Å².